The van der Waals surface area contributed by atoms with Crippen LogP contribution in [0, 0.1) is 0 Å². The minimum Gasteiger partial charge on any atom is -0.466 e. The Morgan fingerprint density at radius 2 is 0.534 bits per heavy atom. The summed E-state index contributed by atoms with van der Waals surface area (Å²) in [5.41, 5.74) is 0. The number of aliphatic hydroxyl groups is 2. The van der Waals surface area contributed by atoms with Gasteiger partial charge in [0.05, 0.1) is 25.4 Å². The van der Waals surface area contributed by atoms with Crippen molar-refractivity contribution in [2.45, 2.75) is 488 Å². The van der Waals surface area contributed by atoms with E-state index in [1.807, 2.05) is 0 Å². The third-order valence-electron chi connectivity index (χ3n) is 19.6. The zero-order valence-electron chi connectivity index (χ0n) is 60.3. The van der Waals surface area contributed by atoms with Crippen LogP contribution in [0.25, 0.3) is 0 Å². The van der Waals surface area contributed by atoms with Crippen LogP contribution < -0.4 is 5.32 Å². The van der Waals surface area contributed by atoms with Crippen LogP contribution in [0.1, 0.15) is 476 Å². The van der Waals surface area contributed by atoms with Crippen LogP contribution in [0.15, 0.2) is 12.2 Å². The van der Waals surface area contributed by atoms with Gasteiger partial charge >= 0.3 is 5.97 Å². The fourth-order valence-electron chi connectivity index (χ4n) is 13.3. The summed E-state index contributed by atoms with van der Waals surface area (Å²) in [6.45, 7) is 5.02. The molecule has 0 bridgehead atoms. The van der Waals surface area contributed by atoms with Gasteiger partial charge in [-0.15, -0.1) is 0 Å². The van der Waals surface area contributed by atoms with Gasteiger partial charge in [-0.25, -0.2) is 0 Å². The summed E-state index contributed by atoms with van der Waals surface area (Å²) in [4.78, 5) is 24.7. The lowest BCUT2D eigenvalue weighted by Gasteiger charge is -2.22. The van der Waals surface area contributed by atoms with Crippen LogP contribution in [-0.4, -0.2) is 47.4 Å². The lowest BCUT2D eigenvalue weighted by atomic mass is 10.0. The first-order valence-electron chi connectivity index (χ1n) is 40.9. The molecule has 2 unspecified atom stereocenters. The molecule has 0 heterocycles. The number of esters is 1. The van der Waals surface area contributed by atoms with Crippen LogP contribution >= 0.6 is 0 Å². The van der Waals surface area contributed by atoms with Gasteiger partial charge in [-0.2, -0.15) is 0 Å². The van der Waals surface area contributed by atoms with E-state index in [-0.39, 0.29) is 18.5 Å². The van der Waals surface area contributed by atoms with Crippen LogP contribution in [0.5, 0.6) is 0 Å². The Labute approximate surface area is 552 Å². The molecule has 3 N–H and O–H groups in total. The van der Waals surface area contributed by atoms with E-state index in [0.717, 1.165) is 38.5 Å². The molecule has 6 nitrogen and oxygen atoms in total. The van der Waals surface area contributed by atoms with Crippen molar-refractivity contribution in [2.24, 2.45) is 0 Å². The van der Waals surface area contributed by atoms with Crippen molar-refractivity contribution < 1.29 is 24.5 Å². The number of aliphatic hydroxyl groups excluding tert-OH is 2. The number of unbranched alkanes of at least 4 members (excludes halogenated alkanes) is 65. The lowest BCUT2D eigenvalue weighted by Crippen LogP contribution is -2.45. The number of nitrogens with one attached hydrogen (secondary N) is 1. The van der Waals surface area contributed by atoms with Crippen LogP contribution in [0.4, 0.5) is 0 Å². The second kappa shape index (κ2) is 78.0. The van der Waals surface area contributed by atoms with Gasteiger partial charge in [-0.05, 0) is 51.4 Å². The first-order valence-corrected chi connectivity index (χ1v) is 40.9. The Kier molecular flexibility index (Phi) is 76.8. The number of hydrogen-bond donors (Lipinski definition) is 3. The maximum Gasteiger partial charge on any atom is 0.305 e. The molecule has 0 aliphatic rings. The summed E-state index contributed by atoms with van der Waals surface area (Å²) in [7, 11) is 0. The molecule has 0 saturated heterocycles. The van der Waals surface area contributed by atoms with Crippen LogP contribution in [0.3, 0.4) is 0 Å². The molecule has 0 aliphatic carbocycles. The fourth-order valence-corrected chi connectivity index (χ4v) is 13.3. The number of hydrogen-bond acceptors (Lipinski definition) is 5. The van der Waals surface area contributed by atoms with E-state index in [1.165, 1.54) is 405 Å². The van der Waals surface area contributed by atoms with Crippen molar-refractivity contribution in [2.75, 3.05) is 13.2 Å². The summed E-state index contributed by atoms with van der Waals surface area (Å²) in [6.07, 6.45) is 98.8. The number of ether oxygens (including phenoxy) is 1. The molecule has 1 amide bonds. The topological polar surface area (TPSA) is 95.9 Å². The largest absolute Gasteiger partial charge is 0.466 e. The van der Waals surface area contributed by atoms with E-state index in [0.29, 0.717) is 25.9 Å². The summed E-state index contributed by atoms with van der Waals surface area (Å²) in [5, 5.41) is 23.5. The van der Waals surface area contributed by atoms with Crippen LogP contribution in [0.2, 0.25) is 0 Å². The van der Waals surface area contributed by atoms with Gasteiger partial charge in [-0.1, -0.05) is 424 Å². The summed E-state index contributed by atoms with van der Waals surface area (Å²) >= 11 is 0. The minimum atomic E-state index is -0.666. The van der Waals surface area contributed by atoms with Crippen molar-refractivity contribution in [3.8, 4) is 0 Å². The molecular formula is C82H161NO5. The van der Waals surface area contributed by atoms with Crippen molar-refractivity contribution in [3.63, 3.8) is 0 Å². The molecule has 2 atom stereocenters. The van der Waals surface area contributed by atoms with Crippen molar-refractivity contribution in [3.05, 3.63) is 12.2 Å². The van der Waals surface area contributed by atoms with Crippen molar-refractivity contribution in [1.29, 1.82) is 0 Å². The molecule has 0 rings (SSSR count). The SMILES string of the molecule is CCCCCCCCCCCCCCCCCCCCCCCCCCCC(O)C(CO)NC(=O)CCCCCCCCCCCCC/C=C\CCCCCCCCCCCCCCOC(=O)CCCCCCCCCCCCCCCCCCCCC. The molecule has 0 aromatic carbocycles. The standard InChI is InChI=1S/C82H161NO5/c1-3-5-7-9-11-13-15-17-19-21-23-24-25-29-32-35-39-42-46-50-54-58-62-66-70-74-80(85)79(78-84)83-81(86)75-71-67-63-59-55-51-47-43-40-36-33-30-27-26-28-31-34-37-41-45-49-53-57-61-65-69-73-77-88-82(87)76-72-68-64-60-56-52-48-44-38-22-20-18-16-14-12-10-8-6-4-2/h26-27,79-80,84-85H,3-25,28-78H2,1-2H3,(H,83,86)/b27-26-. The van der Waals surface area contributed by atoms with E-state index in [9.17, 15) is 19.8 Å². The van der Waals surface area contributed by atoms with E-state index in [4.69, 9.17) is 4.74 Å². The van der Waals surface area contributed by atoms with E-state index >= 15 is 0 Å². The molecule has 6 heteroatoms. The van der Waals surface area contributed by atoms with E-state index in [1.54, 1.807) is 0 Å². The first-order chi connectivity index (χ1) is 43.5. The van der Waals surface area contributed by atoms with Crippen molar-refractivity contribution in [1.82, 2.24) is 5.32 Å². The molecule has 0 spiro atoms. The number of amides is 1. The monoisotopic (exact) mass is 1240 g/mol. The second-order valence-electron chi connectivity index (χ2n) is 28.5. The number of rotatable bonds is 78. The van der Waals surface area contributed by atoms with Gasteiger partial charge < -0.3 is 20.3 Å². The average molecular weight is 1240 g/mol. The Hall–Kier alpha value is -1.40. The highest BCUT2D eigenvalue weighted by Crippen LogP contribution is 2.21. The third-order valence-corrected chi connectivity index (χ3v) is 19.6. The highest BCUT2D eigenvalue weighted by atomic mass is 16.5. The Balaban J connectivity index is 3.36. The summed E-state index contributed by atoms with van der Waals surface area (Å²) in [5.74, 6) is -0.00787. The molecule has 0 aliphatic heterocycles. The average Bonchev–Trinajstić information content (AvgIpc) is 3.58. The molecule has 0 aromatic heterocycles. The van der Waals surface area contributed by atoms with Gasteiger partial charge in [0.1, 0.15) is 0 Å². The first kappa shape index (κ1) is 86.6. The summed E-state index contributed by atoms with van der Waals surface area (Å²) in [6, 6.07) is -0.543. The quantitative estimate of drug-likeness (QED) is 0.0320. The Morgan fingerprint density at radius 1 is 0.307 bits per heavy atom. The molecule has 0 aromatic rings. The predicted molar refractivity (Wildman–Crippen MR) is 389 cm³/mol. The van der Waals surface area contributed by atoms with Gasteiger partial charge in [0.15, 0.2) is 0 Å². The molecule has 0 saturated carbocycles. The maximum atomic E-state index is 12.6. The van der Waals surface area contributed by atoms with Crippen LogP contribution in [-0.2, 0) is 14.3 Å². The Bertz CT molecular complexity index is 1340. The lowest BCUT2D eigenvalue weighted by molar-refractivity contribution is -0.143. The molecule has 524 valence electrons. The van der Waals surface area contributed by atoms with Crippen molar-refractivity contribution >= 4 is 11.9 Å². The number of carbonyl (C=O) groups is 2. The molecular weight excluding hydrogens is 1080 g/mol. The summed E-state index contributed by atoms with van der Waals surface area (Å²) < 4.78 is 5.52. The molecule has 0 radical (unpaired) electrons. The second-order valence-corrected chi connectivity index (χ2v) is 28.5. The number of allylic oxidation sites excluding steroid dienone is 2. The van der Waals surface area contributed by atoms with Gasteiger partial charge in [0.2, 0.25) is 5.91 Å². The third kappa shape index (κ3) is 73.6. The molecule has 88 heavy (non-hydrogen) atoms. The van der Waals surface area contributed by atoms with Gasteiger partial charge in [0.25, 0.3) is 0 Å². The zero-order valence-corrected chi connectivity index (χ0v) is 60.3. The van der Waals surface area contributed by atoms with E-state index in [2.05, 4.69) is 31.3 Å². The normalized spacial score (nSPS) is 12.5. The van der Waals surface area contributed by atoms with E-state index < -0.39 is 12.1 Å². The van der Waals surface area contributed by atoms with Gasteiger partial charge in [0, 0.05) is 12.8 Å². The zero-order chi connectivity index (χ0) is 63.5. The number of carbonyl (C=O) groups excluding carboxylic acids is 2. The fraction of sp³-hybridized carbons (Fsp3) is 0.951. The minimum absolute atomic E-state index is 0.0216. The highest BCUT2D eigenvalue weighted by Gasteiger charge is 2.20. The smallest absolute Gasteiger partial charge is 0.305 e. The predicted octanol–water partition coefficient (Wildman–Crippen LogP) is 27.1. The highest BCUT2D eigenvalue weighted by molar-refractivity contribution is 5.76. The van der Waals surface area contributed by atoms with Gasteiger partial charge in [-0.3, -0.25) is 9.59 Å². The maximum absolute atomic E-state index is 12.6. The Morgan fingerprint density at radius 3 is 0.807 bits per heavy atom. The molecule has 0 fully saturated rings.